The molecule has 0 aromatic carbocycles. The van der Waals surface area contributed by atoms with Crippen molar-refractivity contribution in [3.8, 4) is 0 Å². The molecule has 0 heterocycles. The van der Waals surface area contributed by atoms with Gasteiger partial charge < -0.3 is 29.1 Å². The third-order valence-electron chi connectivity index (χ3n) is 12.2. The minimum absolute atomic E-state index is 0.00397. The Balaban J connectivity index is 2.38. The predicted molar refractivity (Wildman–Crippen MR) is 253 cm³/mol. The molecule has 1 aliphatic rings. The van der Waals surface area contributed by atoms with Crippen LogP contribution < -0.4 is 0 Å². The van der Waals surface area contributed by atoms with Crippen LogP contribution in [0.1, 0.15) is 213 Å². The first-order valence-corrected chi connectivity index (χ1v) is 27.0. The van der Waals surface area contributed by atoms with Crippen molar-refractivity contribution in [2.45, 2.75) is 231 Å². The molecule has 0 spiro atoms. The first-order chi connectivity index (χ1) is 30.2. The second kappa shape index (κ2) is 37.4. The molecule has 0 aromatic rings. The molecule has 1 fully saturated rings. The van der Waals surface area contributed by atoms with Crippen molar-refractivity contribution < 1.29 is 57.1 Å². The number of likely N-dealkylation sites (N-methyl/N-ethyl adjacent to an activating group) is 1. The number of ether oxygens (including phenoxy) is 2. The van der Waals surface area contributed by atoms with Crippen LogP contribution in [0.3, 0.4) is 0 Å². The summed E-state index contributed by atoms with van der Waals surface area (Å²) in [5.74, 6) is -1.45. The molecule has 0 amide bonds. The highest BCUT2D eigenvalue weighted by Crippen LogP contribution is 2.43. The lowest BCUT2D eigenvalue weighted by molar-refractivity contribution is -0.870. The van der Waals surface area contributed by atoms with Crippen LogP contribution in [0.15, 0.2) is 12.2 Å². The van der Waals surface area contributed by atoms with Crippen LogP contribution >= 0.6 is 7.82 Å². The van der Waals surface area contributed by atoms with E-state index in [9.17, 15) is 34.1 Å². The summed E-state index contributed by atoms with van der Waals surface area (Å²) in [5, 5.41) is 20.8. The van der Waals surface area contributed by atoms with Gasteiger partial charge in [0.1, 0.15) is 25.5 Å². The summed E-state index contributed by atoms with van der Waals surface area (Å²) in [7, 11) is 1.36. The fraction of sp³-hybridized carbons (Fsp3) is 0.900. The number of phosphoric ester groups is 1. The van der Waals surface area contributed by atoms with E-state index < -0.39 is 44.7 Å². The Morgan fingerprint density at radius 1 is 0.698 bits per heavy atom. The topological polar surface area (TPSA) is 166 Å². The van der Waals surface area contributed by atoms with Crippen LogP contribution in [-0.2, 0) is 37.5 Å². The van der Waals surface area contributed by atoms with Gasteiger partial charge in [-0.3, -0.25) is 23.4 Å². The summed E-state index contributed by atoms with van der Waals surface area (Å²) in [6.45, 7) is 4.09. The van der Waals surface area contributed by atoms with Crippen LogP contribution in [-0.4, -0.2) is 103 Å². The molecule has 63 heavy (non-hydrogen) atoms. The van der Waals surface area contributed by atoms with Crippen LogP contribution in [0.25, 0.3) is 0 Å². The molecule has 1 unspecified atom stereocenters. The summed E-state index contributed by atoms with van der Waals surface area (Å²) in [6, 6.07) is 0. The largest absolute Gasteiger partial charge is 0.472 e. The number of rotatable bonds is 43. The lowest BCUT2D eigenvalue weighted by Crippen LogP contribution is -2.37. The van der Waals surface area contributed by atoms with Gasteiger partial charge in [-0.2, -0.15) is 0 Å². The number of aliphatic hydroxyl groups is 2. The number of quaternary nitrogens is 1. The zero-order valence-electron chi connectivity index (χ0n) is 40.8. The molecule has 6 atom stereocenters. The van der Waals surface area contributed by atoms with E-state index in [1.165, 1.54) is 96.3 Å². The maximum Gasteiger partial charge on any atom is 0.472 e. The molecular weight excluding hydrogens is 822 g/mol. The van der Waals surface area contributed by atoms with E-state index in [-0.39, 0.29) is 50.1 Å². The third kappa shape index (κ3) is 34.3. The summed E-state index contributed by atoms with van der Waals surface area (Å²) in [5.41, 5.74) is 0. The van der Waals surface area contributed by atoms with Gasteiger partial charge >= 0.3 is 19.8 Å². The van der Waals surface area contributed by atoms with E-state index in [0.29, 0.717) is 36.7 Å². The van der Waals surface area contributed by atoms with Gasteiger partial charge in [-0.1, -0.05) is 180 Å². The number of phosphoric acid groups is 1. The lowest BCUT2D eigenvalue weighted by atomic mass is 9.88. The molecule has 13 heteroatoms. The standard InChI is InChI=1S/C50H94NO11P/c1-6-8-10-11-12-13-14-15-16-17-18-19-20-21-22-23-24-25-31-35-50(56)62-44(42-61-63(57,58)60-39-38-51(3,4)5)41-59-49(55)34-30-27-26-29-33-45-46(48(54)40-47(45)53)37-36-43(52)32-28-9-7-2/h36-37,43-46,48,52,54H,6-35,38-42H2,1-5H3/p+1/b37-36+/t43-,44+,45+,46+,48+/m0/s1. The summed E-state index contributed by atoms with van der Waals surface area (Å²) in [4.78, 5) is 48.3. The molecule has 1 rings (SSSR count). The van der Waals surface area contributed by atoms with Crippen molar-refractivity contribution in [3.63, 3.8) is 0 Å². The van der Waals surface area contributed by atoms with Crippen LogP contribution in [0.2, 0.25) is 0 Å². The molecular formula is C50H95NO11P+. The monoisotopic (exact) mass is 917 g/mol. The smallest absolute Gasteiger partial charge is 0.462 e. The van der Waals surface area contributed by atoms with Crippen molar-refractivity contribution in [1.29, 1.82) is 0 Å². The maximum atomic E-state index is 12.8. The number of carbonyl (C=O) groups excluding carboxylic acids is 3. The second-order valence-electron chi connectivity index (χ2n) is 19.3. The number of hydrogen-bond donors (Lipinski definition) is 3. The average molecular weight is 917 g/mol. The first kappa shape index (κ1) is 59.4. The quantitative estimate of drug-likeness (QED) is 0.0175. The number of unbranched alkanes of at least 4 members (excludes halogenated alkanes) is 23. The second-order valence-corrected chi connectivity index (χ2v) is 20.8. The maximum absolute atomic E-state index is 12.8. The van der Waals surface area contributed by atoms with Gasteiger partial charge in [0.2, 0.25) is 0 Å². The number of esters is 2. The highest BCUT2D eigenvalue weighted by atomic mass is 31.2. The number of Topliss-reactive ketones (excluding diaryl/α,β-unsaturated/α-hetero) is 1. The number of hydrogen-bond acceptors (Lipinski definition) is 10. The normalized spacial score (nSPS) is 18.8. The SMILES string of the molecule is CCCCCCCCCCCCCCCCCCCCCC(=O)O[C@H](COC(=O)CCCCCC[C@H]1C(=O)C[C@@H](O)[C@@H]1/C=C/[C@@H](O)CCCCC)COP(=O)(O)OCC[N+](C)(C)C. The van der Waals surface area contributed by atoms with Gasteiger partial charge in [-0.25, -0.2) is 4.57 Å². The molecule has 0 radical (unpaired) electrons. The summed E-state index contributed by atoms with van der Waals surface area (Å²) < 4.78 is 34.4. The summed E-state index contributed by atoms with van der Waals surface area (Å²) in [6.07, 6.45) is 33.0. The Labute approximate surface area is 384 Å². The molecule has 1 saturated carbocycles. The highest BCUT2D eigenvalue weighted by molar-refractivity contribution is 7.47. The molecule has 1 aliphatic carbocycles. The number of aliphatic hydroxyl groups excluding tert-OH is 2. The molecule has 0 saturated heterocycles. The third-order valence-corrected chi connectivity index (χ3v) is 13.2. The average Bonchev–Trinajstić information content (AvgIpc) is 3.50. The minimum Gasteiger partial charge on any atom is -0.462 e. The zero-order valence-corrected chi connectivity index (χ0v) is 41.7. The van der Waals surface area contributed by atoms with Crippen LogP contribution in [0.5, 0.6) is 0 Å². The van der Waals surface area contributed by atoms with E-state index in [1.807, 2.05) is 27.2 Å². The predicted octanol–water partition coefficient (Wildman–Crippen LogP) is 11.5. The number of nitrogens with zero attached hydrogens (tertiary/aromatic N) is 1. The summed E-state index contributed by atoms with van der Waals surface area (Å²) >= 11 is 0. The minimum atomic E-state index is -4.43. The van der Waals surface area contributed by atoms with E-state index in [1.54, 1.807) is 6.08 Å². The Kier molecular flexibility index (Phi) is 35.3. The van der Waals surface area contributed by atoms with Gasteiger partial charge in [0.25, 0.3) is 0 Å². The Morgan fingerprint density at radius 3 is 1.70 bits per heavy atom. The van der Waals surface area contributed by atoms with Gasteiger partial charge in [0.05, 0.1) is 40.0 Å². The molecule has 12 nitrogen and oxygen atoms in total. The van der Waals surface area contributed by atoms with Crippen molar-refractivity contribution in [2.24, 2.45) is 11.8 Å². The van der Waals surface area contributed by atoms with E-state index in [0.717, 1.165) is 57.8 Å². The molecule has 370 valence electrons. The van der Waals surface area contributed by atoms with Gasteiger partial charge in [-0.15, -0.1) is 0 Å². The number of carbonyl (C=O) groups is 3. The Morgan fingerprint density at radius 2 is 1.17 bits per heavy atom. The first-order valence-electron chi connectivity index (χ1n) is 25.5. The molecule has 0 aromatic heterocycles. The van der Waals surface area contributed by atoms with Gasteiger partial charge in [-0.05, 0) is 25.7 Å². The fourth-order valence-corrected chi connectivity index (χ4v) is 8.89. The molecule has 3 N–H and O–H groups in total. The van der Waals surface area contributed by atoms with Crippen molar-refractivity contribution >= 4 is 25.5 Å². The van der Waals surface area contributed by atoms with Gasteiger partial charge in [0, 0.05) is 31.1 Å². The molecule has 0 aliphatic heterocycles. The zero-order chi connectivity index (χ0) is 46.6. The highest BCUT2D eigenvalue weighted by Gasteiger charge is 2.39. The van der Waals surface area contributed by atoms with Crippen LogP contribution in [0.4, 0.5) is 0 Å². The van der Waals surface area contributed by atoms with E-state index in [2.05, 4.69) is 13.8 Å². The molecule has 0 bridgehead atoms. The van der Waals surface area contributed by atoms with Crippen LogP contribution in [0, 0.1) is 11.8 Å². The van der Waals surface area contributed by atoms with Crippen molar-refractivity contribution in [3.05, 3.63) is 12.2 Å². The Hall–Kier alpha value is -1.66. The Bertz CT molecular complexity index is 1240. The van der Waals surface area contributed by atoms with Gasteiger partial charge in [0.15, 0.2) is 6.10 Å². The fourth-order valence-electron chi connectivity index (χ4n) is 8.15. The van der Waals surface area contributed by atoms with E-state index in [4.69, 9.17) is 18.5 Å². The number of ketones is 1. The van der Waals surface area contributed by atoms with E-state index >= 15 is 0 Å². The lowest BCUT2D eigenvalue weighted by Gasteiger charge is -2.24. The van der Waals surface area contributed by atoms with Crippen molar-refractivity contribution in [2.75, 3.05) is 47.5 Å². The van der Waals surface area contributed by atoms with Crippen molar-refractivity contribution in [1.82, 2.24) is 0 Å².